The number of pyridine rings is 1. The van der Waals surface area contributed by atoms with Crippen LogP contribution in [0, 0.1) is 6.92 Å². The Morgan fingerprint density at radius 2 is 2.05 bits per heavy atom. The fourth-order valence-electron chi connectivity index (χ4n) is 2.50. The molecule has 0 saturated carbocycles. The van der Waals surface area contributed by atoms with Crippen LogP contribution in [0.2, 0.25) is 0 Å². The van der Waals surface area contributed by atoms with Crippen molar-refractivity contribution < 1.29 is 0 Å². The lowest BCUT2D eigenvalue weighted by molar-refractivity contribution is 0.411. The summed E-state index contributed by atoms with van der Waals surface area (Å²) in [4.78, 5) is 7.01. The number of piperidine rings is 1. The molecular formula is C15H26ClN3. The molecule has 1 aliphatic rings. The van der Waals surface area contributed by atoms with Crippen molar-refractivity contribution in [1.82, 2.24) is 10.3 Å². The van der Waals surface area contributed by atoms with Crippen molar-refractivity contribution in [2.75, 3.05) is 24.5 Å². The molecule has 1 aromatic heterocycles. The summed E-state index contributed by atoms with van der Waals surface area (Å²) in [5.41, 5.74) is 1.11. The molecule has 0 aliphatic carbocycles. The summed E-state index contributed by atoms with van der Waals surface area (Å²) in [6, 6.07) is 6.99. The molecule has 1 N–H and O–H groups in total. The first-order valence-corrected chi connectivity index (χ1v) is 7.21. The number of hydrogen-bond donors (Lipinski definition) is 1. The van der Waals surface area contributed by atoms with Crippen LogP contribution in [0.3, 0.4) is 0 Å². The van der Waals surface area contributed by atoms with Crippen LogP contribution in [-0.2, 0) is 0 Å². The second-order valence-corrected chi connectivity index (χ2v) is 5.21. The van der Waals surface area contributed by atoms with Gasteiger partial charge in [0.15, 0.2) is 0 Å². The molecule has 4 heteroatoms. The second kappa shape index (κ2) is 8.39. The zero-order valence-electron chi connectivity index (χ0n) is 12.1. The normalized spacial score (nSPS) is 16.2. The SMILES string of the molecule is CCCCNC1CCN(c2cccc(C)n2)CC1.Cl. The van der Waals surface area contributed by atoms with Gasteiger partial charge in [-0.3, -0.25) is 0 Å². The quantitative estimate of drug-likeness (QED) is 0.842. The van der Waals surface area contributed by atoms with Crippen LogP contribution in [0.4, 0.5) is 5.82 Å². The van der Waals surface area contributed by atoms with Crippen LogP contribution in [0.15, 0.2) is 18.2 Å². The maximum absolute atomic E-state index is 4.60. The number of aromatic nitrogens is 1. The Morgan fingerprint density at radius 1 is 1.32 bits per heavy atom. The van der Waals surface area contributed by atoms with Crippen molar-refractivity contribution >= 4 is 18.2 Å². The van der Waals surface area contributed by atoms with E-state index in [0.29, 0.717) is 6.04 Å². The highest BCUT2D eigenvalue weighted by Gasteiger charge is 2.19. The number of aryl methyl sites for hydroxylation is 1. The number of anilines is 1. The zero-order valence-corrected chi connectivity index (χ0v) is 12.9. The van der Waals surface area contributed by atoms with Crippen molar-refractivity contribution in [3.05, 3.63) is 23.9 Å². The van der Waals surface area contributed by atoms with E-state index in [0.717, 1.165) is 24.6 Å². The minimum absolute atomic E-state index is 0. The van der Waals surface area contributed by atoms with Crippen molar-refractivity contribution in [2.24, 2.45) is 0 Å². The Labute approximate surface area is 123 Å². The third kappa shape index (κ3) is 5.00. The molecule has 0 radical (unpaired) electrons. The number of nitrogens with one attached hydrogen (secondary N) is 1. The monoisotopic (exact) mass is 283 g/mol. The van der Waals surface area contributed by atoms with Gasteiger partial charge in [-0.25, -0.2) is 4.98 Å². The maximum Gasteiger partial charge on any atom is 0.128 e. The summed E-state index contributed by atoms with van der Waals surface area (Å²) in [6.45, 7) is 7.72. The number of hydrogen-bond acceptors (Lipinski definition) is 3. The summed E-state index contributed by atoms with van der Waals surface area (Å²) in [5.74, 6) is 1.14. The van der Waals surface area contributed by atoms with Gasteiger partial charge < -0.3 is 10.2 Å². The Hall–Kier alpha value is -0.800. The molecule has 0 unspecified atom stereocenters. The molecule has 3 nitrogen and oxygen atoms in total. The molecule has 108 valence electrons. The van der Waals surface area contributed by atoms with Gasteiger partial charge in [0.2, 0.25) is 0 Å². The van der Waals surface area contributed by atoms with E-state index < -0.39 is 0 Å². The Kier molecular flexibility index (Phi) is 7.17. The molecule has 0 spiro atoms. The van der Waals surface area contributed by atoms with Gasteiger partial charge in [0.1, 0.15) is 5.82 Å². The second-order valence-electron chi connectivity index (χ2n) is 5.21. The summed E-state index contributed by atoms with van der Waals surface area (Å²) in [7, 11) is 0. The van der Waals surface area contributed by atoms with Gasteiger partial charge in [0.25, 0.3) is 0 Å². The van der Waals surface area contributed by atoms with Crippen molar-refractivity contribution in [2.45, 2.75) is 45.6 Å². The molecule has 0 bridgehead atoms. The van der Waals surface area contributed by atoms with Gasteiger partial charge in [0.05, 0.1) is 0 Å². The van der Waals surface area contributed by atoms with Gasteiger partial charge in [-0.15, -0.1) is 12.4 Å². The van der Waals surface area contributed by atoms with Crippen LogP contribution < -0.4 is 10.2 Å². The lowest BCUT2D eigenvalue weighted by atomic mass is 10.0. The first-order chi connectivity index (χ1) is 8.79. The average molecular weight is 284 g/mol. The first kappa shape index (κ1) is 16.3. The minimum atomic E-state index is 0. The van der Waals surface area contributed by atoms with Crippen molar-refractivity contribution in [3.8, 4) is 0 Å². The van der Waals surface area contributed by atoms with Crippen LogP contribution >= 0.6 is 12.4 Å². The minimum Gasteiger partial charge on any atom is -0.356 e. The Bertz CT molecular complexity index is 362. The van der Waals surface area contributed by atoms with Crippen LogP contribution in [-0.4, -0.2) is 30.7 Å². The fourth-order valence-corrected chi connectivity index (χ4v) is 2.50. The lowest BCUT2D eigenvalue weighted by Gasteiger charge is -2.33. The molecular weight excluding hydrogens is 258 g/mol. The van der Waals surface area contributed by atoms with Crippen molar-refractivity contribution in [1.29, 1.82) is 0 Å². The molecule has 2 heterocycles. The van der Waals surface area contributed by atoms with E-state index >= 15 is 0 Å². The lowest BCUT2D eigenvalue weighted by Crippen LogP contribution is -2.43. The number of rotatable bonds is 5. The molecule has 2 rings (SSSR count). The molecule has 0 amide bonds. The summed E-state index contributed by atoms with van der Waals surface area (Å²) >= 11 is 0. The molecule has 0 aromatic carbocycles. The van der Waals surface area contributed by atoms with E-state index in [1.807, 2.05) is 0 Å². The largest absolute Gasteiger partial charge is 0.356 e. The molecule has 1 saturated heterocycles. The predicted molar refractivity (Wildman–Crippen MR) is 84.4 cm³/mol. The number of nitrogens with zero attached hydrogens (tertiary/aromatic N) is 2. The summed E-state index contributed by atoms with van der Waals surface area (Å²) in [6.07, 6.45) is 5.04. The van der Waals surface area contributed by atoms with Gasteiger partial charge in [-0.05, 0) is 44.9 Å². The number of halogens is 1. The van der Waals surface area contributed by atoms with Crippen LogP contribution in [0.5, 0.6) is 0 Å². The fraction of sp³-hybridized carbons (Fsp3) is 0.667. The smallest absolute Gasteiger partial charge is 0.128 e. The third-order valence-electron chi connectivity index (χ3n) is 3.66. The molecule has 1 aromatic rings. The Morgan fingerprint density at radius 3 is 2.68 bits per heavy atom. The molecule has 1 aliphatic heterocycles. The van der Waals surface area contributed by atoms with Gasteiger partial charge in [-0.1, -0.05) is 19.4 Å². The van der Waals surface area contributed by atoms with E-state index in [1.54, 1.807) is 0 Å². The molecule has 1 fully saturated rings. The maximum atomic E-state index is 4.60. The highest BCUT2D eigenvalue weighted by atomic mass is 35.5. The summed E-state index contributed by atoms with van der Waals surface area (Å²) in [5, 5.41) is 3.66. The molecule has 0 atom stereocenters. The van der Waals surface area contributed by atoms with Crippen LogP contribution in [0.25, 0.3) is 0 Å². The highest BCUT2D eigenvalue weighted by Crippen LogP contribution is 2.18. The van der Waals surface area contributed by atoms with Gasteiger partial charge in [0, 0.05) is 24.8 Å². The third-order valence-corrected chi connectivity index (χ3v) is 3.66. The summed E-state index contributed by atoms with van der Waals surface area (Å²) < 4.78 is 0. The van der Waals surface area contributed by atoms with Gasteiger partial charge >= 0.3 is 0 Å². The van der Waals surface area contributed by atoms with E-state index in [9.17, 15) is 0 Å². The zero-order chi connectivity index (χ0) is 12.8. The van der Waals surface area contributed by atoms with E-state index in [2.05, 4.69) is 47.2 Å². The van der Waals surface area contributed by atoms with E-state index in [4.69, 9.17) is 0 Å². The first-order valence-electron chi connectivity index (χ1n) is 7.21. The predicted octanol–water partition coefficient (Wildman–Crippen LogP) is 3.17. The van der Waals surface area contributed by atoms with Crippen LogP contribution in [0.1, 0.15) is 38.3 Å². The molecule has 19 heavy (non-hydrogen) atoms. The van der Waals surface area contributed by atoms with E-state index in [-0.39, 0.29) is 12.4 Å². The highest BCUT2D eigenvalue weighted by molar-refractivity contribution is 5.85. The standard InChI is InChI=1S/C15H25N3.ClH/c1-3-4-10-16-14-8-11-18(12-9-14)15-7-5-6-13(2)17-15;/h5-7,14,16H,3-4,8-12H2,1-2H3;1H. The van der Waals surface area contributed by atoms with Gasteiger partial charge in [-0.2, -0.15) is 0 Å². The average Bonchev–Trinajstić information content (AvgIpc) is 2.40. The number of unbranched alkanes of at least 4 members (excludes halogenated alkanes) is 1. The Balaban J connectivity index is 0.00000180. The van der Waals surface area contributed by atoms with E-state index in [1.165, 1.54) is 32.2 Å². The topological polar surface area (TPSA) is 28.2 Å². The van der Waals surface area contributed by atoms with Crippen molar-refractivity contribution in [3.63, 3.8) is 0 Å².